The van der Waals surface area contributed by atoms with Crippen LogP contribution in [0.3, 0.4) is 0 Å². The molecular formula is C21H36N8O. The molecule has 6 rings (SSSR count). The van der Waals surface area contributed by atoms with Gasteiger partial charge < -0.3 is 15.0 Å². The first-order valence-electron chi connectivity index (χ1n) is 12.0. The van der Waals surface area contributed by atoms with E-state index in [0.717, 1.165) is 72.1 Å². The van der Waals surface area contributed by atoms with Crippen molar-refractivity contribution in [3.63, 3.8) is 0 Å². The van der Waals surface area contributed by atoms with Gasteiger partial charge >= 0.3 is 0 Å². The molecule has 0 radical (unpaired) electrons. The van der Waals surface area contributed by atoms with E-state index in [1.54, 1.807) is 0 Å². The second-order valence-electron chi connectivity index (χ2n) is 9.32. The minimum Gasteiger partial charge on any atom is -0.378 e. The van der Waals surface area contributed by atoms with Crippen molar-refractivity contribution < 1.29 is 4.74 Å². The third-order valence-electron chi connectivity index (χ3n) is 7.68. The quantitative estimate of drug-likeness (QED) is 0.688. The van der Waals surface area contributed by atoms with Gasteiger partial charge in [-0.1, -0.05) is 6.08 Å². The molecule has 166 valence electrons. The first-order valence-corrected chi connectivity index (χ1v) is 12.0. The zero-order valence-electron chi connectivity index (χ0n) is 18.0. The van der Waals surface area contributed by atoms with Crippen molar-refractivity contribution in [2.24, 2.45) is 10.9 Å². The molecular weight excluding hydrogens is 380 g/mol. The molecule has 9 nitrogen and oxygen atoms in total. The number of nitrogens with one attached hydrogen (secondary N) is 1. The molecule has 0 saturated carbocycles. The Labute approximate surface area is 179 Å². The predicted molar refractivity (Wildman–Crippen MR) is 115 cm³/mol. The van der Waals surface area contributed by atoms with Crippen molar-refractivity contribution in [1.82, 2.24) is 35.4 Å². The molecule has 1 N–H and O–H groups in total. The Bertz CT molecular complexity index is 670. The Hall–Kier alpha value is -1.23. The van der Waals surface area contributed by atoms with Gasteiger partial charge in [0.15, 0.2) is 5.79 Å². The van der Waals surface area contributed by atoms with E-state index in [2.05, 4.69) is 52.6 Å². The van der Waals surface area contributed by atoms with E-state index < -0.39 is 0 Å². The Morgan fingerprint density at radius 2 is 2.00 bits per heavy atom. The summed E-state index contributed by atoms with van der Waals surface area (Å²) in [6.07, 6.45) is 13.1. The molecule has 6 aliphatic rings. The van der Waals surface area contributed by atoms with Crippen LogP contribution < -0.4 is 5.32 Å². The van der Waals surface area contributed by atoms with Crippen LogP contribution >= 0.6 is 0 Å². The van der Waals surface area contributed by atoms with Crippen LogP contribution in [0.1, 0.15) is 32.1 Å². The van der Waals surface area contributed by atoms with Crippen LogP contribution in [0, 0.1) is 5.92 Å². The van der Waals surface area contributed by atoms with E-state index in [4.69, 9.17) is 4.74 Å². The fourth-order valence-corrected chi connectivity index (χ4v) is 6.43. The van der Waals surface area contributed by atoms with E-state index in [1.165, 1.54) is 25.7 Å². The summed E-state index contributed by atoms with van der Waals surface area (Å²) in [4.78, 5) is 9.99. The molecule has 30 heavy (non-hydrogen) atoms. The van der Waals surface area contributed by atoms with Crippen molar-refractivity contribution in [3.8, 4) is 0 Å². The van der Waals surface area contributed by atoms with Crippen molar-refractivity contribution in [2.45, 2.75) is 44.0 Å². The average Bonchev–Trinajstić information content (AvgIpc) is 3.62. The third-order valence-corrected chi connectivity index (χ3v) is 7.68. The lowest BCUT2D eigenvalue weighted by Gasteiger charge is -2.56. The Kier molecular flexibility index (Phi) is 5.21. The molecule has 0 aromatic rings. The summed E-state index contributed by atoms with van der Waals surface area (Å²) >= 11 is 0. The van der Waals surface area contributed by atoms with Gasteiger partial charge in [0.2, 0.25) is 0 Å². The molecule has 0 spiro atoms. The van der Waals surface area contributed by atoms with Gasteiger partial charge in [-0.05, 0) is 38.3 Å². The lowest BCUT2D eigenvalue weighted by atomic mass is 9.91. The van der Waals surface area contributed by atoms with E-state index in [1.807, 2.05) is 6.34 Å². The molecule has 6 aliphatic heterocycles. The van der Waals surface area contributed by atoms with Crippen LogP contribution in [0.5, 0.6) is 0 Å². The normalized spacial score (nSPS) is 38.9. The third kappa shape index (κ3) is 2.94. The van der Waals surface area contributed by atoms with E-state index in [9.17, 15) is 0 Å². The van der Waals surface area contributed by atoms with Crippen molar-refractivity contribution >= 4 is 6.34 Å². The summed E-state index contributed by atoms with van der Waals surface area (Å²) in [5.74, 6) is 0.191. The van der Waals surface area contributed by atoms with Gasteiger partial charge in [0.05, 0.1) is 31.8 Å². The maximum absolute atomic E-state index is 6.42. The Morgan fingerprint density at radius 3 is 2.67 bits per heavy atom. The molecule has 3 unspecified atom stereocenters. The maximum atomic E-state index is 6.42. The van der Waals surface area contributed by atoms with Crippen LogP contribution in [0.2, 0.25) is 0 Å². The number of nitrogens with zero attached hydrogens (tertiary/aromatic N) is 7. The standard InChI is InChI=1S/C21H36N8O/c1-2-10-24(9-1)21(25-11-3-4-12-25)19(20-6-5-15-30-20)16-28(26-13-7-22-17-26)29(21)27-14-8-23-18-27/h1,9,17,19-20,23H,2-8,10-16,18H2. The number of aliphatic imine (C=N–C) groups is 1. The zero-order valence-corrected chi connectivity index (χ0v) is 18.0. The largest absolute Gasteiger partial charge is 0.378 e. The molecule has 0 aromatic heterocycles. The van der Waals surface area contributed by atoms with Crippen LogP contribution in [-0.4, -0.2) is 114 Å². The Balaban J connectivity index is 1.48. The lowest BCUT2D eigenvalue weighted by molar-refractivity contribution is -0.326. The van der Waals surface area contributed by atoms with E-state index in [0.29, 0.717) is 12.0 Å². The summed E-state index contributed by atoms with van der Waals surface area (Å²) in [5, 5.41) is 13.6. The first-order chi connectivity index (χ1) is 14.9. The van der Waals surface area contributed by atoms with E-state index in [-0.39, 0.29) is 5.79 Å². The number of likely N-dealkylation sites (tertiary alicyclic amines) is 1. The average molecular weight is 417 g/mol. The molecule has 4 saturated heterocycles. The van der Waals surface area contributed by atoms with Gasteiger partial charge in [-0.15, -0.1) is 10.2 Å². The number of hydrazine groups is 3. The van der Waals surface area contributed by atoms with E-state index >= 15 is 0 Å². The monoisotopic (exact) mass is 416 g/mol. The number of hydrogen-bond acceptors (Lipinski definition) is 9. The van der Waals surface area contributed by atoms with Gasteiger partial charge in [-0.3, -0.25) is 14.9 Å². The topological polar surface area (TPSA) is 53.1 Å². The fourth-order valence-electron chi connectivity index (χ4n) is 6.43. The van der Waals surface area contributed by atoms with Gasteiger partial charge in [-0.25, -0.2) is 5.01 Å². The summed E-state index contributed by atoms with van der Waals surface area (Å²) in [6, 6.07) is 0. The summed E-state index contributed by atoms with van der Waals surface area (Å²) in [7, 11) is 0. The molecule has 4 fully saturated rings. The van der Waals surface area contributed by atoms with Gasteiger partial charge in [-0.2, -0.15) is 0 Å². The summed E-state index contributed by atoms with van der Waals surface area (Å²) in [5.41, 5.74) is 0. The molecule has 0 aliphatic carbocycles. The second-order valence-corrected chi connectivity index (χ2v) is 9.32. The number of hydrogen-bond donors (Lipinski definition) is 1. The SMILES string of the molecule is C1=CN(C2(N3CCCC3)C(C3CCCO3)CN(N3C=NCC3)N2N2CCNC2)CC1. The van der Waals surface area contributed by atoms with Gasteiger partial charge in [0.1, 0.15) is 6.34 Å². The van der Waals surface area contributed by atoms with Crippen LogP contribution in [0.25, 0.3) is 0 Å². The fraction of sp³-hybridized carbons (Fsp3) is 0.857. The van der Waals surface area contributed by atoms with Crippen LogP contribution in [0.15, 0.2) is 17.3 Å². The molecule has 3 atom stereocenters. The zero-order chi connectivity index (χ0) is 20.0. The summed E-state index contributed by atoms with van der Waals surface area (Å²) < 4.78 is 6.42. The second kappa shape index (κ2) is 8.03. The highest BCUT2D eigenvalue weighted by molar-refractivity contribution is 5.56. The van der Waals surface area contributed by atoms with Crippen molar-refractivity contribution in [3.05, 3.63) is 12.3 Å². The minimum absolute atomic E-state index is 0.207. The first kappa shape index (κ1) is 19.5. The molecule has 6 heterocycles. The highest BCUT2D eigenvalue weighted by Gasteiger charge is 2.65. The van der Waals surface area contributed by atoms with Gasteiger partial charge in [0.25, 0.3) is 0 Å². The van der Waals surface area contributed by atoms with Crippen LogP contribution in [0.4, 0.5) is 0 Å². The minimum atomic E-state index is -0.207. The highest BCUT2D eigenvalue weighted by atomic mass is 16.5. The van der Waals surface area contributed by atoms with Crippen molar-refractivity contribution in [2.75, 3.05) is 65.6 Å². The highest BCUT2D eigenvalue weighted by Crippen LogP contribution is 2.48. The molecule has 0 amide bonds. The predicted octanol–water partition coefficient (Wildman–Crippen LogP) is 0.320. The Morgan fingerprint density at radius 1 is 1.07 bits per heavy atom. The van der Waals surface area contributed by atoms with Crippen molar-refractivity contribution in [1.29, 1.82) is 0 Å². The lowest BCUT2D eigenvalue weighted by Crippen LogP contribution is -2.75. The molecule has 0 aromatic carbocycles. The van der Waals surface area contributed by atoms with Crippen LogP contribution in [-0.2, 0) is 4.74 Å². The molecule has 0 bridgehead atoms. The van der Waals surface area contributed by atoms with Gasteiger partial charge in [0, 0.05) is 45.9 Å². The summed E-state index contributed by atoms with van der Waals surface area (Å²) in [6.45, 7) is 10.1. The smallest absolute Gasteiger partial charge is 0.186 e. The number of rotatable bonds is 5. The maximum Gasteiger partial charge on any atom is 0.186 e. The number of ether oxygens (including phenoxy) is 1. The molecule has 9 heteroatoms.